The van der Waals surface area contributed by atoms with Crippen LogP contribution in [0.4, 0.5) is 0 Å². The quantitative estimate of drug-likeness (QED) is 0.516. The Hall–Kier alpha value is -0.870. The second-order valence-corrected chi connectivity index (χ2v) is 7.00. The summed E-state index contributed by atoms with van der Waals surface area (Å²) in [5, 5.41) is 22.4. The molecule has 1 aliphatic rings. The van der Waals surface area contributed by atoms with E-state index in [4.69, 9.17) is 0 Å². The summed E-state index contributed by atoms with van der Waals surface area (Å²) in [4.78, 5) is 10.6. The topological polar surface area (TPSA) is 69.6 Å². The van der Waals surface area contributed by atoms with Crippen molar-refractivity contribution in [3.05, 3.63) is 12.2 Å². The molecule has 1 saturated carbocycles. The summed E-state index contributed by atoms with van der Waals surface area (Å²) in [6.07, 6.45) is 7.78. The highest BCUT2D eigenvalue weighted by Crippen LogP contribution is 2.36. The molecule has 116 valence electrons. The zero-order chi connectivity index (χ0) is 15.4. The Morgan fingerprint density at radius 2 is 1.85 bits per heavy atom. The van der Waals surface area contributed by atoms with Crippen molar-refractivity contribution < 1.29 is 15.0 Å². The molecule has 1 amide bonds. The van der Waals surface area contributed by atoms with Gasteiger partial charge in [-0.05, 0) is 58.3 Å². The predicted octanol–water partition coefficient (Wildman–Crippen LogP) is 2.01. The number of allylic oxidation sites excluding steroid dienone is 1. The van der Waals surface area contributed by atoms with Gasteiger partial charge in [0, 0.05) is 5.54 Å². The molecule has 0 spiro atoms. The van der Waals surface area contributed by atoms with E-state index in [1.54, 1.807) is 19.9 Å². The average molecular weight is 283 g/mol. The van der Waals surface area contributed by atoms with Gasteiger partial charge in [-0.2, -0.15) is 0 Å². The normalized spacial score (nSPS) is 31.0. The number of amides is 1. The molecule has 0 aromatic heterocycles. The van der Waals surface area contributed by atoms with Gasteiger partial charge in [0.2, 0.25) is 6.41 Å². The van der Waals surface area contributed by atoms with E-state index in [9.17, 15) is 15.0 Å². The molecule has 2 atom stereocenters. The first-order chi connectivity index (χ1) is 9.18. The van der Waals surface area contributed by atoms with Crippen LogP contribution in [0.25, 0.3) is 0 Å². The van der Waals surface area contributed by atoms with E-state index < -0.39 is 11.7 Å². The number of carbonyl (C=O) groups is 1. The van der Waals surface area contributed by atoms with Crippen molar-refractivity contribution in [2.24, 2.45) is 11.8 Å². The fourth-order valence-corrected chi connectivity index (χ4v) is 2.76. The fourth-order valence-electron chi connectivity index (χ4n) is 2.76. The molecular formula is C16H29NO3. The van der Waals surface area contributed by atoms with E-state index in [0.29, 0.717) is 11.8 Å². The third-order valence-corrected chi connectivity index (χ3v) is 4.61. The fraction of sp³-hybridized carbons (Fsp3) is 0.812. The first-order valence-electron chi connectivity index (χ1n) is 7.48. The van der Waals surface area contributed by atoms with Gasteiger partial charge in [-0.1, -0.05) is 19.1 Å². The van der Waals surface area contributed by atoms with Crippen molar-refractivity contribution in [1.29, 1.82) is 0 Å². The van der Waals surface area contributed by atoms with Crippen LogP contribution in [0.1, 0.15) is 53.4 Å². The standard InChI is InChI=1S/C16H29NO3/c1-12(5-6-14(19)15(2,3)20)13-7-9-16(4,10-8-13)17-11-18/h5-6,11-14,19-20H,7-10H2,1-4H3,(H,17,18). The molecule has 3 N–H and O–H groups in total. The van der Waals surface area contributed by atoms with Gasteiger partial charge in [0.05, 0.1) is 5.60 Å². The van der Waals surface area contributed by atoms with E-state index in [0.717, 1.165) is 32.1 Å². The van der Waals surface area contributed by atoms with E-state index in [1.165, 1.54) is 0 Å². The molecule has 4 nitrogen and oxygen atoms in total. The molecule has 0 aromatic carbocycles. The van der Waals surface area contributed by atoms with Crippen LogP contribution in [-0.4, -0.2) is 33.9 Å². The van der Waals surface area contributed by atoms with Crippen LogP contribution >= 0.6 is 0 Å². The van der Waals surface area contributed by atoms with Gasteiger partial charge in [0.1, 0.15) is 6.10 Å². The van der Waals surface area contributed by atoms with Gasteiger partial charge < -0.3 is 15.5 Å². The van der Waals surface area contributed by atoms with Crippen molar-refractivity contribution in [3.8, 4) is 0 Å². The number of rotatable bonds is 6. The first-order valence-corrected chi connectivity index (χ1v) is 7.48. The molecule has 0 aromatic rings. The van der Waals surface area contributed by atoms with Crippen LogP contribution in [0.5, 0.6) is 0 Å². The molecule has 0 saturated heterocycles. The predicted molar refractivity (Wildman–Crippen MR) is 80.2 cm³/mol. The minimum absolute atomic E-state index is 0.0612. The summed E-state index contributed by atoms with van der Waals surface area (Å²) in [5.41, 5.74) is -1.16. The monoisotopic (exact) mass is 283 g/mol. The third-order valence-electron chi connectivity index (χ3n) is 4.61. The summed E-state index contributed by atoms with van der Waals surface area (Å²) in [7, 11) is 0. The molecule has 0 radical (unpaired) electrons. The SMILES string of the molecule is CC(C=CC(O)C(C)(C)O)C1CCC(C)(NC=O)CC1. The van der Waals surface area contributed by atoms with Crippen LogP contribution in [-0.2, 0) is 4.79 Å². The molecule has 0 aliphatic heterocycles. The van der Waals surface area contributed by atoms with Gasteiger partial charge in [-0.3, -0.25) is 4.79 Å². The lowest BCUT2D eigenvalue weighted by atomic mass is 9.73. The maximum atomic E-state index is 10.6. The first kappa shape index (κ1) is 17.2. The Balaban J connectivity index is 2.49. The molecular weight excluding hydrogens is 254 g/mol. The van der Waals surface area contributed by atoms with Crippen LogP contribution in [0.3, 0.4) is 0 Å². The highest BCUT2D eigenvalue weighted by molar-refractivity contribution is 5.47. The Morgan fingerprint density at radius 1 is 1.30 bits per heavy atom. The number of carbonyl (C=O) groups excluding carboxylic acids is 1. The van der Waals surface area contributed by atoms with E-state index in [2.05, 4.69) is 19.2 Å². The van der Waals surface area contributed by atoms with Crippen LogP contribution in [0.2, 0.25) is 0 Å². The molecule has 20 heavy (non-hydrogen) atoms. The number of nitrogens with one attached hydrogen (secondary N) is 1. The van der Waals surface area contributed by atoms with Gasteiger partial charge in [0.15, 0.2) is 0 Å². The Kier molecular flexibility index (Phi) is 5.78. The molecule has 2 unspecified atom stereocenters. The minimum atomic E-state index is -1.10. The zero-order valence-electron chi connectivity index (χ0n) is 13.1. The molecule has 4 heteroatoms. The molecule has 0 bridgehead atoms. The summed E-state index contributed by atoms with van der Waals surface area (Å²) in [6, 6.07) is 0. The lowest BCUT2D eigenvalue weighted by Gasteiger charge is -2.38. The summed E-state index contributed by atoms with van der Waals surface area (Å²) in [5.74, 6) is 0.939. The van der Waals surface area contributed by atoms with Crippen molar-refractivity contribution in [2.75, 3.05) is 0 Å². The Morgan fingerprint density at radius 3 is 2.30 bits per heavy atom. The van der Waals surface area contributed by atoms with Gasteiger partial charge in [-0.15, -0.1) is 0 Å². The number of hydrogen-bond donors (Lipinski definition) is 3. The second kappa shape index (κ2) is 6.72. The lowest BCUT2D eigenvalue weighted by Crippen LogP contribution is -2.45. The van der Waals surface area contributed by atoms with Gasteiger partial charge in [-0.25, -0.2) is 0 Å². The molecule has 1 aliphatic carbocycles. The Bertz CT molecular complexity index is 338. The summed E-state index contributed by atoms with van der Waals surface area (Å²) >= 11 is 0. The number of aliphatic hydroxyl groups is 2. The van der Waals surface area contributed by atoms with Crippen molar-refractivity contribution in [2.45, 2.75) is 70.6 Å². The zero-order valence-corrected chi connectivity index (χ0v) is 13.1. The highest BCUT2D eigenvalue weighted by Gasteiger charge is 2.32. The Labute approximate surface area is 122 Å². The van der Waals surface area contributed by atoms with Crippen molar-refractivity contribution in [1.82, 2.24) is 5.32 Å². The van der Waals surface area contributed by atoms with E-state index >= 15 is 0 Å². The van der Waals surface area contributed by atoms with Gasteiger partial charge in [0.25, 0.3) is 0 Å². The van der Waals surface area contributed by atoms with Crippen LogP contribution in [0, 0.1) is 11.8 Å². The second-order valence-electron chi connectivity index (χ2n) is 7.00. The van der Waals surface area contributed by atoms with Crippen molar-refractivity contribution in [3.63, 3.8) is 0 Å². The molecule has 1 fully saturated rings. The summed E-state index contributed by atoms with van der Waals surface area (Å²) < 4.78 is 0. The van der Waals surface area contributed by atoms with E-state index in [-0.39, 0.29) is 5.54 Å². The number of aliphatic hydroxyl groups excluding tert-OH is 1. The van der Waals surface area contributed by atoms with Crippen molar-refractivity contribution >= 4 is 6.41 Å². The highest BCUT2D eigenvalue weighted by atomic mass is 16.3. The molecule has 0 heterocycles. The number of hydrogen-bond acceptors (Lipinski definition) is 3. The van der Waals surface area contributed by atoms with Crippen LogP contribution < -0.4 is 5.32 Å². The molecule has 1 rings (SSSR count). The largest absolute Gasteiger partial charge is 0.387 e. The van der Waals surface area contributed by atoms with Crippen LogP contribution in [0.15, 0.2) is 12.2 Å². The smallest absolute Gasteiger partial charge is 0.207 e. The van der Waals surface area contributed by atoms with E-state index in [1.807, 2.05) is 6.08 Å². The van der Waals surface area contributed by atoms with Gasteiger partial charge >= 0.3 is 0 Å². The maximum absolute atomic E-state index is 10.6. The third kappa shape index (κ3) is 4.91. The average Bonchev–Trinajstić information content (AvgIpc) is 2.35. The lowest BCUT2D eigenvalue weighted by molar-refractivity contribution is -0.111. The summed E-state index contributed by atoms with van der Waals surface area (Å²) in [6.45, 7) is 7.44. The minimum Gasteiger partial charge on any atom is -0.387 e. The maximum Gasteiger partial charge on any atom is 0.207 e.